The predicted octanol–water partition coefficient (Wildman–Crippen LogP) is 0.576. The van der Waals surface area contributed by atoms with Crippen LogP contribution in [0.5, 0.6) is 0 Å². The quantitative estimate of drug-likeness (QED) is 0.342. The van der Waals surface area contributed by atoms with Crippen LogP contribution in [0.2, 0.25) is 0 Å². The van der Waals surface area contributed by atoms with Crippen molar-refractivity contribution in [3.05, 3.63) is 17.2 Å². The first kappa shape index (κ1) is 5.92. The van der Waals surface area contributed by atoms with Gasteiger partial charge in [0.05, 0.1) is 6.42 Å². The van der Waals surface area contributed by atoms with Gasteiger partial charge in [-0.1, -0.05) is 6.08 Å². The number of hydrogen-bond acceptors (Lipinski definition) is 1. The topological polar surface area (TPSA) is 53.5 Å². The van der Waals surface area contributed by atoms with Crippen LogP contribution < -0.4 is 0 Å². The van der Waals surface area contributed by atoms with E-state index in [1.807, 2.05) is 0 Å². The fraction of sp³-hybridized carbons (Fsp3) is 0.333. The van der Waals surface area contributed by atoms with Gasteiger partial charge in [0.1, 0.15) is 0 Å². The van der Waals surface area contributed by atoms with Crippen LogP contribution in [0.4, 0.5) is 0 Å². The maximum absolute atomic E-state index is 10.8. The number of allylic oxidation sites excluding steroid dienone is 2. The van der Waals surface area contributed by atoms with Crippen LogP contribution in [-0.4, -0.2) is 16.3 Å². The zero-order chi connectivity index (χ0) is 6.85. The van der Waals surface area contributed by atoms with Gasteiger partial charge in [0.25, 0.3) is 5.78 Å². The number of carbonyl (C=O) groups is 1. The fourth-order valence-corrected chi connectivity index (χ4v) is 0.749. The second-order valence-corrected chi connectivity index (χ2v) is 1.97. The van der Waals surface area contributed by atoms with E-state index in [-0.39, 0.29) is 11.5 Å². The molecule has 9 heavy (non-hydrogen) atoms. The molecule has 0 aromatic heterocycles. The highest BCUT2D eigenvalue weighted by Gasteiger charge is 2.25. The average molecular weight is 122 g/mol. The van der Waals surface area contributed by atoms with Crippen LogP contribution in [0.15, 0.2) is 11.6 Å². The van der Waals surface area contributed by atoms with Crippen molar-refractivity contribution in [3.63, 3.8) is 0 Å². The molecule has 0 spiro atoms. The summed E-state index contributed by atoms with van der Waals surface area (Å²) in [6, 6.07) is 0. The smallest absolute Gasteiger partial charge is 0.342 e. The molecule has 0 N–H and O–H groups in total. The minimum atomic E-state index is -0.141. The summed E-state index contributed by atoms with van der Waals surface area (Å²) in [5, 5.41) is 0. The van der Waals surface area contributed by atoms with E-state index < -0.39 is 0 Å². The molecule has 0 atom stereocenters. The zero-order valence-corrected chi connectivity index (χ0v) is 5.09. The third-order valence-electron chi connectivity index (χ3n) is 1.34. The lowest BCUT2D eigenvalue weighted by Crippen LogP contribution is -2.08. The maximum Gasteiger partial charge on any atom is 0.342 e. The summed E-state index contributed by atoms with van der Waals surface area (Å²) in [5.41, 5.74) is 9.10. The second-order valence-electron chi connectivity index (χ2n) is 1.97. The molecule has 0 aromatic rings. The van der Waals surface area contributed by atoms with E-state index in [1.165, 1.54) is 0 Å². The van der Waals surface area contributed by atoms with Gasteiger partial charge in [0.2, 0.25) is 0 Å². The van der Waals surface area contributed by atoms with Crippen molar-refractivity contribution in [2.24, 2.45) is 0 Å². The maximum atomic E-state index is 10.8. The van der Waals surface area contributed by atoms with E-state index >= 15 is 0 Å². The second kappa shape index (κ2) is 1.96. The summed E-state index contributed by atoms with van der Waals surface area (Å²) < 4.78 is 0. The molecule has 1 aliphatic rings. The Morgan fingerprint density at radius 2 is 2.44 bits per heavy atom. The Morgan fingerprint density at radius 3 is 2.67 bits per heavy atom. The molecule has 3 heteroatoms. The van der Waals surface area contributed by atoms with Crippen molar-refractivity contribution < 1.29 is 9.58 Å². The minimum absolute atomic E-state index is 0.141. The number of rotatable bonds is 0. The largest absolute Gasteiger partial charge is 0.361 e. The lowest BCUT2D eigenvalue weighted by atomic mass is 10.2. The van der Waals surface area contributed by atoms with Crippen molar-refractivity contribution in [1.82, 2.24) is 0 Å². The SMILES string of the molecule is CC1=CCC(=[N+]=[N-])C1=O. The molecule has 46 valence electrons. The predicted molar refractivity (Wildman–Crippen MR) is 32.0 cm³/mol. The molecule has 3 nitrogen and oxygen atoms in total. The normalized spacial score (nSPS) is 17.7. The summed E-state index contributed by atoms with van der Waals surface area (Å²) in [6.45, 7) is 1.71. The number of hydrogen-bond donors (Lipinski definition) is 0. The Labute approximate surface area is 52.6 Å². The molecule has 0 unspecified atom stereocenters. The first-order valence-electron chi connectivity index (χ1n) is 2.68. The Hall–Kier alpha value is -1.21. The molecule has 0 amide bonds. The summed E-state index contributed by atoms with van der Waals surface area (Å²) in [6.07, 6.45) is 2.22. The molecule has 0 fully saturated rings. The van der Waals surface area contributed by atoms with Gasteiger partial charge in [-0.3, -0.25) is 4.79 Å². The molecular weight excluding hydrogens is 116 g/mol. The number of Topliss-reactive ketones (excluding diaryl/α,β-unsaturated/α-hetero) is 1. The average Bonchev–Trinajstić information content (AvgIpc) is 2.15. The molecule has 1 aliphatic carbocycles. The van der Waals surface area contributed by atoms with Crippen LogP contribution in [0.25, 0.3) is 5.53 Å². The van der Waals surface area contributed by atoms with Crippen LogP contribution in [0, 0.1) is 0 Å². The standard InChI is InChI=1S/C6H6N2O/c1-4-2-3-5(8-7)6(4)9/h2H,3H2,1H3. The van der Waals surface area contributed by atoms with Gasteiger partial charge in [-0.25, -0.2) is 0 Å². The van der Waals surface area contributed by atoms with Gasteiger partial charge >= 0.3 is 5.71 Å². The van der Waals surface area contributed by atoms with Gasteiger partial charge < -0.3 is 5.53 Å². The van der Waals surface area contributed by atoms with Crippen molar-refractivity contribution in [2.45, 2.75) is 13.3 Å². The van der Waals surface area contributed by atoms with Gasteiger partial charge in [-0.05, 0) is 6.92 Å². The summed E-state index contributed by atoms with van der Waals surface area (Å²) >= 11 is 0. The van der Waals surface area contributed by atoms with Crippen LogP contribution in [-0.2, 0) is 4.79 Å². The van der Waals surface area contributed by atoms with Gasteiger partial charge in [0.15, 0.2) is 0 Å². The zero-order valence-electron chi connectivity index (χ0n) is 5.09. The van der Waals surface area contributed by atoms with Crippen molar-refractivity contribution in [1.29, 1.82) is 0 Å². The van der Waals surface area contributed by atoms with E-state index in [2.05, 4.69) is 4.79 Å². The first-order valence-corrected chi connectivity index (χ1v) is 2.68. The minimum Gasteiger partial charge on any atom is -0.361 e. The molecule has 0 aliphatic heterocycles. The van der Waals surface area contributed by atoms with E-state index in [0.29, 0.717) is 12.0 Å². The summed E-state index contributed by atoms with van der Waals surface area (Å²) in [4.78, 5) is 13.6. The van der Waals surface area contributed by atoms with Crippen LogP contribution in [0.3, 0.4) is 0 Å². The third kappa shape index (κ3) is 0.819. The number of carbonyl (C=O) groups excluding carboxylic acids is 1. The summed E-state index contributed by atoms with van der Waals surface area (Å²) in [5.74, 6) is -0.141. The molecule has 1 rings (SSSR count). The van der Waals surface area contributed by atoms with Crippen molar-refractivity contribution in [3.8, 4) is 0 Å². The highest BCUT2D eigenvalue weighted by Crippen LogP contribution is 2.08. The first-order chi connectivity index (χ1) is 4.25. The third-order valence-corrected chi connectivity index (χ3v) is 1.34. The van der Waals surface area contributed by atoms with E-state index in [9.17, 15) is 4.79 Å². The van der Waals surface area contributed by atoms with Crippen LogP contribution in [0.1, 0.15) is 13.3 Å². The summed E-state index contributed by atoms with van der Waals surface area (Å²) in [7, 11) is 0. The van der Waals surface area contributed by atoms with Gasteiger partial charge in [-0.15, -0.1) is 0 Å². The Bertz CT molecular complexity index is 233. The van der Waals surface area contributed by atoms with E-state index in [4.69, 9.17) is 5.53 Å². The van der Waals surface area contributed by atoms with Crippen LogP contribution >= 0.6 is 0 Å². The lowest BCUT2D eigenvalue weighted by Gasteiger charge is -1.78. The van der Waals surface area contributed by atoms with Crippen molar-refractivity contribution >= 4 is 11.5 Å². The van der Waals surface area contributed by atoms with Gasteiger partial charge in [0, 0.05) is 5.57 Å². The molecule has 0 saturated heterocycles. The molecule has 0 aromatic carbocycles. The van der Waals surface area contributed by atoms with Gasteiger partial charge in [-0.2, -0.15) is 4.79 Å². The molecule has 0 saturated carbocycles. The molecule has 0 radical (unpaired) electrons. The number of ketones is 1. The van der Waals surface area contributed by atoms with Crippen molar-refractivity contribution in [2.75, 3.05) is 0 Å². The monoisotopic (exact) mass is 122 g/mol. The Kier molecular flexibility index (Phi) is 1.29. The molecule has 0 bridgehead atoms. The molecular formula is C6H6N2O. The van der Waals surface area contributed by atoms with E-state index in [0.717, 1.165) is 0 Å². The highest BCUT2D eigenvalue weighted by molar-refractivity contribution is 6.46. The fourth-order valence-electron chi connectivity index (χ4n) is 0.749. The van der Waals surface area contributed by atoms with E-state index in [1.54, 1.807) is 13.0 Å². The molecule has 0 heterocycles. The Morgan fingerprint density at radius 1 is 1.78 bits per heavy atom. The number of nitrogens with zero attached hydrogens (tertiary/aromatic N) is 2. The Balaban J connectivity index is 2.99. The lowest BCUT2D eigenvalue weighted by molar-refractivity contribution is -0.113. The highest BCUT2D eigenvalue weighted by atomic mass is 16.1.